The molecular formula is C105H111IrN9. The van der Waals surface area contributed by atoms with Gasteiger partial charge in [0.15, 0.2) is 34.9 Å². The molecule has 0 N–H and O–H groups in total. The molecule has 10 heteroatoms. The molecular weight excluding hydrogens is 1580 g/mol. The van der Waals surface area contributed by atoms with E-state index in [1.165, 1.54) is 134 Å². The van der Waals surface area contributed by atoms with Crippen LogP contribution in [0.5, 0.6) is 0 Å². The van der Waals surface area contributed by atoms with Crippen molar-refractivity contribution in [2.75, 3.05) is 0 Å². The molecule has 12 aromatic carbocycles. The third-order valence-corrected chi connectivity index (χ3v) is 21.8. The molecule has 0 saturated heterocycles. The smallest absolute Gasteiger partial charge is 0.169 e. The van der Waals surface area contributed by atoms with Gasteiger partial charge in [0.25, 0.3) is 0 Å². The summed E-state index contributed by atoms with van der Waals surface area (Å²) in [5.74, 6) is 5.14. The van der Waals surface area contributed by atoms with E-state index in [9.17, 15) is 0 Å². The fourth-order valence-corrected chi connectivity index (χ4v) is 16.4. The van der Waals surface area contributed by atoms with Gasteiger partial charge in [-0.05, 0) is 240 Å². The Labute approximate surface area is 697 Å². The Morgan fingerprint density at radius 1 is 0.183 bits per heavy atom. The number of aromatic nitrogens is 9. The summed E-state index contributed by atoms with van der Waals surface area (Å²) >= 11 is 0. The molecule has 0 aliphatic carbocycles. The Balaban J connectivity index is 0.000000159. The molecule has 9 nitrogen and oxygen atoms in total. The Bertz CT molecular complexity index is 5310. The van der Waals surface area contributed by atoms with Crippen LogP contribution in [0.4, 0.5) is 0 Å². The first-order valence-electron chi connectivity index (χ1n) is 40.0. The molecule has 3 heterocycles. The standard InChI is InChI=1S/3C35H37N3.Ir/c3*1-22-17-23(2)21-29(20-22)27-9-11-28(12-10-27)33-36-37-34(32-25(4)18-24(3)19-26(32)5)38(33)31-15-13-30(14-16-31)35(6,7)8;/h3*9-21H,1-8H3;. The van der Waals surface area contributed by atoms with E-state index in [1.807, 2.05) is 0 Å². The second-order valence-corrected chi connectivity index (χ2v) is 35.1. The second kappa shape index (κ2) is 33.6. The minimum Gasteiger partial charge on any atom is -0.275 e. The molecule has 0 saturated carbocycles. The molecule has 15 rings (SSSR count). The minimum absolute atomic E-state index is 0. The van der Waals surface area contributed by atoms with Crippen molar-refractivity contribution in [1.29, 1.82) is 0 Å². The topological polar surface area (TPSA) is 92.1 Å². The first-order valence-corrected chi connectivity index (χ1v) is 40.0. The molecule has 1 radical (unpaired) electrons. The molecule has 15 aromatic rings. The van der Waals surface area contributed by atoms with Gasteiger partial charge in [-0.25, -0.2) is 0 Å². The third kappa shape index (κ3) is 18.4. The Morgan fingerprint density at radius 3 is 0.530 bits per heavy atom. The van der Waals surface area contributed by atoms with E-state index in [2.05, 4.69) is 416 Å². The van der Waals surface area contributed by atoms with Gasteiger partial charge < -0.3 is 0 Å². The van der Waals surface area contributed by atoms with Crippen LogP contribution in [-0.2, 0) is 36.4 Å². The van der Waals surface area contributed by atoms with E-state index in [4.69, 9.17) is 30.6 Å². The molecule has 0 amide bonds. The Kier molecular flexibility index (Phi) is 24.3. The van der Waals surface area contributed by atoms with Gasteiger partial charge in [-0.15, -0.1) is 30.6 Å². The van der Waals surface area contributed by atoms with Crippen LogP contribution in [0.1, 0.15) is 162 Å². The van der Waals surface area contributed by atoms with Crippen LogP contribution in [-0.4, -0.2) is 44.3 Å². The zero-order valence-electron chi connectivity index (χ0n) is 71.9. The molecule has 0 fully saturated rings. The molecule has 3 aromatic heterocycles. The quantitative estimate of drug-likeness (QED) is 0.121. The maximum atomic E-state index is 4.78. The van der Waals surface area contributed by atoms with Gasteiger partial charge in [-0.2, -0.15) is 0 Å². The molecule has 115 heavy (non-hydrogen) atoms. The normalized spacial score (nSPS) is 11.6. The van der Waals surface area contributed by atoms with Gasteiger partial charge in [-0.3, -0.25) is 13.7 Å². The first-order chi connectivity index (χ1) is 54.0. The number of aryl methyl sites for hydroxylation is 15. The van der Waals surface area contributed by atoms with E-state index < -0.39 is 0 Å². The number of benzene rings is 12. The molecule has 0 atom stereocenters. The molecule has 0 spiro atoms. The molecule has 0 bridgehead atoms. The van der Waals surface area contributed by atoms with Gasteiger partial charge in [0.1, 0.15) is 0 Å². The van der Waals surface area contributed by atoms with Crippen molar-refractivity contribution < 1.29 is 20.1 Å². The van der Waals surface area contributed by atoms with Gasteiger partial charge >= 0.3 is 0 Å². The summed E-state index contributed by atoms with van der Waals surface area (Å²) in [7, 11) is 0. The summed E-state index contributed by atoms with van der Waals surface area (Å²) in [5, 5.41) is 28.6. The van der Waals surface area contributed by atoms with Crippen molar-refractivity contribution in [2.45, 2.75) is 182 Å². The SMILES string of the molecule is Cc1cc(C)cc(-c2ccc(-c3nnc(-c4c(C)cc(C)cc4C)n3-c3ccc(C(C)(C)C)cc3)cc2)c1.Cc1cc(C)cc(-c2ccc(-c3nnc(-c4c(C)cc(C)cc4C)n3-c3ccc(C(C)(C)C)cc3)cc2)c1.Cc1cc(C)cc(-c2ccc(-c3nnc(-c4c(C)cc(C)cc4C)n3-c3ccc(C(C)(C)C)cc3)cc2)c1.[Ir]. The predicted molar refractivity (Wildman–Crippen MR) is 480 cm³/mol. The van der Waals surface area contributed by atoms with Gasteiger partial charge in [0.05, 0.1) is 0 Å². The van der Waals surface area contributed by atoms with E-state index in [-0.39, 0.29) is 36.4 Å². The van der Waals surface area contributed by atoms with E-state index in [1.54, 1.807) is 0 Å². The fourth-order valence-electron chi connectivity index (χ4n) is 16.4. The van der Waals surface area contributed by atoms with Crippen molar-refractivity contribution in [3.63, 3.8) is 0 Å². The van der Waals surface area contributed by atoms with Crippen molar-refractivity contribution in [3.05, 3.63) is 337 Å². The van der Waals surface area contributed by atoms with Crippen molar-refractivity contribution in [2.24, 2.45) is 0 Å². The van der Waals surface area contributed by atoms with Gasteiger partial charge in [-0.1, -0.05) is 313 Å². The largest absolute Gasteiger partial charge is 0.275 e. The van der Waals surface area contributed by atoms with Crippen molar-refractivity contribution in [1.82, 2.24) is 44.3 Å². The summed E-state index contributed by atoms with van der Waals surface area (Å²) < 4.78 is 6.63. The molecule has 0 aliphatic heterocycles. The Hall–Kier alpha value is -11.3. The third-order valence-electron chi connectivity index (χ3n) is 21.8. The van der Waals surface area contributed by atoms with Crippen molar-refractivity contribution >= 4 is 0 Å². The maximum absolute atomic E-state index is 4.78. The Morgan fingerprint density at radius 2 is 0.348 bits per heavy atom. The monoisotopic (exact) mass is 1690 g/mol. The molecule has 0 unspecified atom stereocenters. The fraction of sp³-hybridized carbons (Fsp3) is 0.257. The van der Waals surface area contributed by atoms with Crippen LogP contribution in [0.25, 0.3) is 119 Å². The van der Waals surface area contributed by atoms with Crippen LogP contribution < -0.4 is 0 Å². The summed E-state index contributed by atoms with van der Waals surface area (Å²) in [6.45, 7) is 52.5. The van der Waals surface area contributed by atoms with Crippen LogP contribution in [0.3, 0.4) is 0 Å². The van der Waals surface area contributed by atoms with Crippen LogP contribution in [0.2, 0.25) is 0 Å². The molecule has 0 aliphatic rings. The zero-order valence-corrected chi connectivity index (χ0v) is 74.3. The number of rotatable bonds is 12. The van der Waals surface area contributed by atoms with Crippen LogP contribution in [0, 0.1) is 104 Å². The summed E-state index contributed by atoms with van der Waals surface area (Å²) in [4.78, 5) is 0. The van der Waals surface area contributed by atoms with E-state index in [0.717, 1.165) is 85.4 Å². The van der Waals surface area contributed by atoms with Gasteiger partial charge in [0.2, 0.25) is 0 Å². The van der Waals surface area contributed by atoms with E-state index in [0.29, 0.717) is 0 Å². The number of hydrogen-bond donors (Lipinski definition) is 0. The molecule has 585 valence electrons. The van der Waals surface area contributed by atoms with Crippen molar-refractivity contribution in [3.8, 4) is 119 Å². The average molecular weight is 1690 g/mol. The average Bonchev–Trinajstić information content (AvgIpc) is 1.65. The number of hydrogen-bond acceptors (Lipinski definition) is 6. The van der Waals surface area contributed by atoms with Gasteiger partial charge in [0, 0.05) is 70.5 Å². The summed E-state index contributed by atoms with van der Waals surface area (Å²) in [6.07, 6.45) is 0. The maximum Gasteiger partial charge on any atom is 0.169 e. The first kappa shape index (κ1) is 83.1. The van der Waals surface area contributed by atoms with Crippen LogP contribution in [0.15, 0.2) is 237 Å². The zero-order chi connectivity index (χ0) is 81.6. The second-order valence-electron chi connectivity index (χ2n) is 35.1. The summed E-state index contributed by atoms with van der Waals surface area (Å²) in [6, 6.07) is 86.0. The number of nitrogens with zero attached hydrogens (tertiary/aromatic N) is 9. The summed E-state index contributed by atoms with van der Waals surface area (Å²) in [5.41, 5.74) is 39.9. The van der Waals surface area contributed by atoms with Crippen LogP contribution >= 0.6 is 0 Å². The minimum atomic E-state index is 0. The van der Waals surface area contributed by atoms with E-state index >= 15 is 0 Å². The predicted octanol–water partition coefficient (Wildman–Crippen LogP) is 27.3.